The van der Waals surface area contributed by atoms with Gasteiger partial charge in [0.1, 0.15) is 262 Å². The SMILES string of the molecule is CC(=O)N[C@@H]1[C@@H](O)[C@H](O[C@@H]2O[C@H](CO)[C@@H](O[C@@H]3O[C@H](CO[C@H]4O[C@H](CO)[C@@H](O)[C@H](O)[C@@H]4O[C@@H]4O[C@H](CO)[C@@H](O[C@@H]5O[C@H](CO)[C@H](O)[C@H](O)[C@H]5O)[C@H](O)[C@H]4NC(C)=O)[C@@H](O[C@@H]4O[C@H](CO)[C@@H](O[C@@H]5O[C@H](CO)[C@H](O)[C@H](O)[C@H]5O)[C@H](O)[C@H]4NC(C)=O)[C@H](O[C@H]4O[C@H](CO)[C@@H](O)[C@H](O)[C@@H]4O[C@@H]4O[C@H](CO)[C@@H](O)[C@H](O)[C@H]4NC(C)=O)[C@@H]3O)[C@H](O)[C@H]2NC(C)=O)[C@@H](CO[C@@H]2O[C@@H](C)[C@@H](O)[C@@H](O)[C@@H]2O)O[C@H]1O. The molecule has 55 atom stereocenters. The van der Waals surface area contributed by atoms with Crippen LogP contribution >= 0.6 is 0 Å². The van der Waals surface area contributed by atoms with E-state index in [9.17, 15) is 172 Å². The Bertz CT molecular complexity index is 3760. The molecule has 0 aliphatic carbocycles. The van der Waals surface area contributed by atoms with Crippen LogP contribution in [-0.4, -0.2) is 581 Å². The summed E-state index contributed by atoms with van der Waals surface area (Å²) in [5, 5.41) is 340. The summed E-state index contributed by atoms with van der Waals surface area (Å²) in [5.41, 5.74) is 0. The summed E-state index contributed by atoms with van der Waals surface area (Å²) in [6, 6.07) is -10.1. The first-order valence-electron chi connectivity index (χ1n) is 43.5. The molecule has 786 valence electrons. The molecule has 11 fully saturated rings. The number of hydrogen-bond donors (Lipinski definition) is 34. The molecule has 136 heavy (non-hydrogen) atoms. The molecule has 11 saturated heterocycles. The summed E-state index contributed by atoms with van der Waals surface area (Å²) in [6.45, 7) is -6.11. The predicted octanol–water partition coefficient (Wildman–Crippen LogP) is -23.2. The monoisotopic (exact) mass is 1990 g/mol. The zero-order valence-corrected chi connectivity index (χ0v) is 73.4. The molecule has 0 spiro atoms. The lowest BCUT2D eigenvalue weighted by Crippen LogP contribution is -2.72. The number of nitrogens with one attached hydrogen (secondary N) is 5. The van der Waals surface area contributed by atoms with Gasteiger partial charge in [0.2, 0.25) is 29.5 Å². The summed E-state index contributed by atoms with van der Waals surface area (Å²) in [7, 11) is 0. The van der Waals surface area contributed by atoms with Crippen molar-refractivity contribution in [2.45, 2.75) is 379 Å². The molecule has 11 heterocycles. The van der Waals surface area contributed by atoms with Gasteiger partial charge in [0.15, 0.2) is 69.2 Å². The van der Waals surface area contributed by atoms with E-state index in [4.69, 9.17) is 99.5 Å². The van der Waals surface area contributed by atoms with Crippen molar-refractivity contribution in [3.05, 3.63) is 0 Å². The average Bonchev–Trinajstić information content (AvgIpc) is 0.753. The Morgan fingerprint density at radius 3 is 0.831 bits per heavy atom. The van der Waals surface area contributed by atoms with Gasteiger partial charge in [-0.1, -0.05) is 0 Å². The minimum absolute atomic E-state index is 0.858. The molecular formula is C76H127N5O55. The topological polar surface area (TPSA) is 926 Å². The Kier molecular flexibility index (Phi) is 40.1. The average molecular weight is 1990 g/mol. The molecule has 0 bridgehead atoms. The largest absolute Gasteiger partial charge is 0.394 e. The highest BCUT2D eigenvalue weighted by Gasteiger charge is 2.63. The molecule has 0 aromatic rings. The molecule has 11 rings (SSSR count). The van der Waals surface area contributed by atoms with Crippen molar-refractivity contribution in [1.29, 1.82) is 0 Å². The summed E-state index contributed by atoms with van der Waals surface area (Å²) in [6.07, 6.45) is -109. The Hall–Kier alpha value is -4.65. The van der Waals surface area contributed by atoms with Gasteiger partial charge >= 0.3 is 0 Å². The number of carbonyl (C=O) groups is 5. The standard InChI is InChI=1S/C76H127N5O55/c1-17-38(95)49(106)54(111)71(118-17)116-15-31-61(45(102)33(66(115)119-31)77-18(2)90)129-68-35(79-20(4)92)46(103)60(30(14-89)125-68)132-74-57(114)63(134-76-65(53(110)43(100)27(11-86)124-76)136-67-34(78-19(3)91)44(101)39(96)23(7-82)120-67)62(133-69-36(80-21(5)93)47(104)58(28(12-87)126-69)130-72-55(112)50(107)40(97)24(8-83)121-72)32(128-74)16-117-75-64(52(109)42(99)26(10-85)123-75)135-70-37(81-22(6)94)48(105)59(29(13-88)127-70)131-73-56(113)51(108)41(98)25(9-84)122-73/h17,23-76,82-89,95-115H,7-16H2,1-6H3,(H,77,90)(H,78,91)(H,79,92)(H,80,93)(H,81,94)/t17-,23+,24+,25+,26+,27+,28+,29+,30+,31+,32+,33+,34+,35+,36+,37+,38+,39+,40-,41-,42+,43+,44+,45+,46+,47+,48+,49+,50-,51-,52-,53-,54-,55+,56+,57-,58+,59+,60+,61+,62+,63+,64-,65-,66+,67-,68-,69-,70-,71+,72-,73-,74-,75-,76+/m0/s1. The molecule has 5 amide bonds. The minimum Gasteiger partial charge on any atom is -0.394 e. The van der Waals surface area contributed by atoms with Gasteiger partial charge in [-0.05, 0) is 6.92 Å². The molecule has 0 radical (unpaired) electrons. The van der Waals surface area contributed by atoms with Crippen molar-refractivity contribution >= 4 is 29.5 Å². The van der Waals surface area contributed by atoms with Crippen molar-refractivity contribution in [2.75, 3.05) is 66.1 Å². The Labute approximate surface area is 770 Å². The highest BCUT2D eigenvalue weighted by atomic mass is 16.8. The van der Waals surface area contributed by atoms with Crippen LogP contribution in [0.4, 0.5) is 0 Å². The second-order valence-electron chi connectivity index (χ2n) is 34.5. The van der Waals surface area contributed by atoms with Gasteiger partial charge < -0.3 is 274 Å². The third-order valence-electron chi connectivity index (χ3n) is 24.9. The summed E-state index contributed by atoms with van der Waals surface area (Å²) >= 11 is 0. The number of carbonyl (C=O) groups excluding carboxylic acids is 5. The van der Waals surface area contributed by atoms with Crippen molar-refractivity contribution < 1.29 is 272 Å². The zero-order valence-electron chi connectivity index (χ0n) is 73.4. The third-order valence-corrected chi connectivity index (χ3v) is 24.9. The van der Waals surface area contributed by atoms with Crippen LogP contribution in [-0.2, 0) is 123 Å². The van der Waals surface area contributed by atoms with Gasteiger partial charge in [-0.15, -0.1) is 0 Å². The number of hydrogen-bond acceptors (Lipinski definition) is 55. The third kappa shape index (κ3) is 24.8. The predicted molar refractivity (Wildman–Crippen MR) is 419 cm³/mol. The van der Waals surface area contributed by atoms with E-state index in [1.165, 1.54) is 6.92 Å². The van der Waals surface area contributed by atoms with Crippen LogP contribution in [0.15, 0.2) is 0 Å². The molecule has 60 nitrogen and oxygen atoms in total. The van der Waals surface area contributed by atoms with Crippen LogP contribution in [0.3, 0.4) is 0 Å². The maximum absolute atomic E-state index is 13.6. The molecule has 0 aromatic carbocycles. The number of amides is 5. The van der Waals surface area contributed by atoms with Crippen LogP contribution in [0.5, 0.6) is 0 Å². The first-order chi connectivity index (χ1) is 64.3. The smallest absolute Gasteiger partial charge is 0.217 e. The number of rotatable bonds is 35. The van der Waals surface area contributed by atoms with Gasteiger partial charge in [0.25, 0.3) is 0 Å². The van der Waals surface area contributed by atoms with E-state index < -0.39 is 433 Å². The fourth-order valence-electron chi connectivity index (χ4n) is 17.7. The maximum atomic E-state index is 13.6. The van der Waals surface area contributed by atoms with E-state index in [2.05, 4.69) is 26.6 Å². The van der Waals surface area contributed by atoms with E-state index in [0.29, 0.717) is 0 Å². The summed E-state index contributed by atoms with van der Waals surface area (Å²) in [4.78, 5) is 65.8. The fraction of sp³-hybridized carbons (Fsp3) is 0.934. The van der Waals surface area contributed by atoms with E-state index in [-0.39, 0.29) is 0 Å². The van der Waals surface area contributed by atoms with Gasteiger partial charge in [-0.25, -0.2) is 0 Å². The van der Waals surface area contributed by atoms with E-state index in [0.717, 1.165) is 34.6 Å². The van der Waals surface area contributed by atoms with Gasteiger partial charge in [0, 0.05) is 34.6 Å². The summed E-state index contributed by atoms with van der Waals surface area (Å²) < 4.78 is 128. The van der Waals surface area contributed by atoms with Crippen molar-refractivity contribution in [3.63, 3.8) is 0 Å². The Morgan fingerprint density at radius 2 is 0.449 bits per heavy atom. The molecular weight excluding hydrogens is 1860 g/mol. The first kappa shape index (κ1) is 112. The van der Waals surface area contributed by atoms with Gasteiger partial charge in [-0.2, -0.15) is 0 Å². The molecule has 0 unspecified atom stereocenters. The van der Waals surface area contributed by atoms with Crippen molar-refractivity contribution in [2.24, 2.45) is 0 Å². The number of aliphatic hydroxyl groups is 29. The van der Waals surface area contributed by atoms with Crippen LogP contribution in [0.2, 0.25) is 0 Å². The van der Waals surface area contributed by atoms with Gasteiger partial charge in [0.05, 0.1) is 72.2 Å². The van der Waals surface area contributed by atoms with Crippen LogP contribution < -0.4 is 26.6 Å². The van der Waals surface area contributed by atoms with E-state index >= 15 is 0 Å². The van der Waals surface area contributed by atoms with Crippen LogP contribution in [0.25, 0.3) is 0 Å². The molecule has 11 aliphatic heterocycles. The lowest BCUT2D eigenvalue weighted by Gasteiger charge is -2.52. The fourth-order valence-corrected chi connectivity index (χ4v) is 17.7. The second kappa shape index (κ2) is 48.8. The van der Waals surface area contributed by atoms with Gasteiger partial charge in [-0.3, -0.25) is 24.0 Å². The molecule has 34 N–H and O–H groups in total. The Morgan fingerprint density at radius 1 is 0.206 bits per heavy atom. The van der Waals surface area contributed by atoms with Crippen LogP contribution in [0.1, 0.15) is 41.5 Å². The highest BCUT2D eigenvalue weighted by molar-refractivity contribution is 5.75. The number of ether oxygens (including phenoxy) is 21. The number of aliphatic hydroxyl groups excluding tert-OH is 29. The molecule has 60 heteroatoms. The van der Waals surface area contributed by atoms with E-state index in [1.807, 2.05) is 0 Å². The first-order valence-corrected chi connectivity index (χ1v) is 43.5. The van der Waals surface area contributed by atoms with E-state index in [1.54, 1.807) is 0 Å². The normalized spacial score (nSPS) is 49.2. The zero-order chi connectivity index (χ0) is 100. The Balaban J connectivity index is 1.03. The maximum Gasteiger partial charge on any atom is 0.217 e. The highest BCUT2D eigenvalue weighted by Crippen LogP contribution is 2.43. The molecule has 11 aliphatic rings. The van der Waals surface area contributed by atoms with Crippen LogP contribution in [0, 0.1) is 0 Å². The molecule has 0 saturated carbocycles. The lowest BCUT2D eigenvalue weighted by atomic mass is 9.93. The van der Waals surface area contributed by atoms with Crippen molar-refractivity contribution in [3.8, 4) is 0 Å². The summed E-state index contributed by atoms with van der Waals surface area (Å²) in [5.74, 6) is -5.01. The quantitative estimate of drug-likeness (QED) is 0.0280. The van der Waals surface area contributed by atoms with Crippen molar-refractivity contribution in [1.82, 2.24) is 26.6 Å². The second-order valence-corrected chi connectivity index (χ2v) is 34.5. The molecule has 0 aromatic heterocycles. The minimum atomic E-state index is -2.85. The lowest BCUT2D eigenvalue weighted by molar-refractivity contribution is -0.409.